The molecule has 0 aliphatic carbocycles. The van der Waals surface area contributed by atoms with Gasteiger partial charge in [0, 0.05) is 12.0 Å². The second kappa shape index (κ2) is 7.42. The van der Waals surface area contributed by atoms with Crippen molar-refractivity contribution in [3.05, 3.63) is 64.7 Å². The van der Waals surface area contributed by atoms with E-state index in [-0.39, 0.29) is 25.2 Å². The molecule has 4 nitrogen and oxygen atoms in total. The summed E-state index contributed by atoms with van der Waals surface area (Å²) in [4.78, 5) is 23.7. The van der Waals surface area contributed by atoms with Crippen LogP contribution < -0.4 is 4.74 Å². The molecule has 1 unspecified atom stereocenters. The zero-order chi connectivity index (χ0) is 19.6. The minimum absolute atomic E-state index is 0.195. The summed E-state index contributed by atoms with van der Waals surface area (Å²) in [6.45, 7) is 1.85. The van der Waals surface area contributed by atoms with E-state index in [1.165, 1.54) is 6.07 Å². The van der Waals surface area contributed by atoms with Crippen LogP contribution >= 0.6 is 0 Å². The maximum absolute atomic E-state index is 12.9. The molecule has 7 heteroatoms. The van der Waals surface area contributed by atoms with Crippen LogP contribution in [0, 0.1) is 0 Å². The molecule has 1 aliphatic heterocycles. The van der Waals surface area contributed by atoms with Gasteiger partial charge in [-0.2, -0.15) is 13.2 Å². The number of alkyl halides is 3. The lowest BCUT2D eigenvalue weighted by Crippen LogP contribution is -2.12. The Morgan fingerprint density at radius 2 is 1.96 bits per heavy atom. The number of Topliss-reactive ketones (excluding diaryl/α,β-unsaturated/α-hetero) is 1. The molecule has 0 amide bonds. The van der Waals surface area contributed by atoms with E-state index in [1.807, 2.05) is 0 Å². The van der Waals surface area contributed by atoms with Crippen LogP contribution in [0.25, 0.3) is 0 Å². The summed E-state index contributed by atoms with van der Waals surface area (Å²) in [7, 11) is 0. The highest BCUT2D eigenvalue weighted by Crippen LogP contribution is 2.40. The first-order valence-corrected chi connectivity index (χ1v) is 8.43. The van der Waals surface area contributed by atoms with Gasteiger partial charge in [-0.3, -0.25) is 9.59 Å². The molecule has 0 radical (unpaired) electrons. The van der Waals surface area contributed by atoms with Crippen molar-refractivity contribution in [3.63, 3.8) is 0 Å². The molecule has 3 rings (SSSR count). The van der Waals surface area contributed by atoms with E-state index < -0.39 is 23.8 Å². The molecule has 142 valence electrons. The summed E-state index contributed by atoms with van der Waals surface area (Å²) in [6.07, 6.45) is -4.99. The first-order chi connectivity index (χ1) is 12.8. The van der Waals surface area contributed by atoms with Gasteiger partial charge in [-0.1, -0.05) is 18.2 Å². The third-order valence-electron chi connectivity index (χ3n) is 4.25. The smallest absolute Gasteiger partial charge is 0.416 e. The minimum atomic E-state index is -4.41. The van der Waals surface area contributed by atoms with Crippen LogP contribution in [-0.4, -0.2) is 18.4 Å². The second-order valence-corrected chi connectivity index (χ2v) is 6.16. The number of rotatable bonds is 5. The molecule has 0 fully saturated rings. The van der Waals surface area contributed by atoms with E-state index in [4.69, 9.17) is 9.47 Å². The quantitative estimate of drug-likeness (QED) is 0.436. The van der Waals surface area contributed by atoms with E-state index in [9.17, 15) is 22.8 Å². The number of hydrogen-bond donors (Lipinski definition) is 0. The van der Waals surface area contributed by atoms with Gasteiger partial charge in [0.1, 0.15) is 18.3 Å². The molecule has 0 saturated heterocycles. The summed E-state index contributed by atoms with van der Waals surface area (Å²) in [5, 5.41) is 0. The number of carbonyl (C=O) groups is 2. The highest BCUT2D eigenvalue weighted by molar-refractivity contribution is 6.06. The standard InChI is InChI=1S/C20H17F3O4/c1-2-26-19(25)11-16(24)12-4-3-5-13(8-12)18-10-14-9-15(20(21,22)23)6-7-17(14)27-18/h3-9,18H,2,10-11H2,1H3. The normalized spacial score (nSPS) is 15.8. The fraction of sp³-hybridized carbons (Fsp3) is 0.300. The largest absolute Gasteiger partial charge is 0.485 e. The number of carbonyl (C=O) groups excluding carboxylic acids is 2. The van der Waals surface area contributed by atoms with Gasteiger partial charge >= 0.3 is 12.1 Å². The van der Waals surface area contributed by atoms with Gasteiger partial charge in [0.05, 0.1) is 12.2 Å². The SMILES string of the molecule is CCOC(=O)CC(=O)c1cccc(C2Cc3cc(C(F)(F)F)ccc3O2)c1. The van der Waals surface area contributed by atoms with Crippen molar-refractivity contribution < 1.29 is 32.2 Å². The monoisotopic (exact) mass is 378 g/mol. The molecule has 27 heavy (non-hydrogen) atoms. The van der Waals surface area contributed by atoms with Gasteiger partial charge in [-0.25, -0.2) is 0 Å². The van der Waals surface area contributed by atoms with Crippen LogP contribution in [0.3, 0.4) is 0 Å². The molecule has 2 aromatic rings. The molecule has 1 atom stereocenters. The first-order valence-electron chi connectivity index (χ1n) is 8.43. The van der Waals surface area contributed by atoms with Gasteiger partial charge in [0.25, 0.3) is 0 Å². The number of halogens is 3. The Labute approximate surface area is 153 Å². The summed E-state index contributed by atoms with van der Waals surface area (Å²) >= 11 is 0. The Morgan fingerprint density at radius 3 is 2.67 bits per heavy atom. The molecule has 0 aromatic heterocycles. The summed E-state index contributed by atoms with van der Waals surface area (Å²) < 4.78 is 49.1. The van der Waals surface area contributed by atoms with Crippen LogP contribution in [0.2, 0.25) is 0 Å². The zero-order valence-corrected chi connectivity index (χ0v) is 14.5. The highest BCUT2D eigenvalue weighted by atomic mass is 19.4. The molecular formula is C20H17F3O4. The molecule has 2 aromatic carbocycles. The van der Waals surface area contributed by atoms with E-state index in [2.05, 4.69) is 0 Å². The lowest BCUT2D eigenvalue weighted by atomic mass is 9.98. The third kappa shape index (κ3) is 4.30. The molecular weight excluding hydrogens is 361 g/mol. The van der Waals surface area contributed by atoms with Crippen molar-refractivity contribution in [2.24, 2.45) is 0 Å². The van der Waals surface area contributed by atoms with Crippen LogP contribution in [0.4, 0.5) is 13.2 Å². The van der Waals surface area contributed by atoms with Gasteiger partial charge in [0.2, 0.25) is 0 Å². The van der Waals surface area contributed by atoms with Crippen molar-refractivity contribution >= 4 is 11.8 Å². The predicted octanol–water partition coefficient (Wildman–Crippen LogP) is 4.52. The molecule has 0 saturated carbocycles. The Morgan fingerprint density at radius 1 is 1.19 bits per heavy atom. The van der Waals surface area contributed by atoms with Crippen LogP contribution in [-0.2, 0) is 22.1 Å². The molecule has 0 spiro atoms. The topological polar surface area (TPSA) is 52.6 Å². The van der Waals surface area contributed by atoms with E-state index in [0.717, 1.165) is 12.1 Å². The molecule has 0 bridgehead atoms. The number of esters is 1. The van der Waals surface area contributed by atoms with Gasteiger partial charge in [-0.15, -0.1) is 0 Å². The molecule has 1 heterocycles. The zero-order valence-electron chi connectivity index (χ0n) is 14.5. The van der Waals surface area contributed by atoms with Gasteiger partial charge in [-0.05, 0) is 42.3 Å². The van der Waals surface area contributed by atoms with Crippen LogP contribution in [0.5, 0.6) is 5.75 Å². The average molecular weight is 378 g/mol. The Hall–Kier alpha value is -2.83. The van der Waals surface area contributed by atoms with Gasteiger partial charge in [0.15, 0.2) is 5.78 Å². The summed E-state index contributed by atoms with van der Waals surface area (Å²) in [5.41, 5.74) is 0.743. The predicted molar refractivity (Wildman–Crippen MR) is 90.5 cm³/mol. The van der Waals surface area contributed by atoms with Crippen molar-refractivity contribution in [2.45, 2.75) is 32.0 Å². The minimum Gasteiger partial charge on any atom is -0.485 e. The summed E-state index contributed by atoms with van der Waals surface area (Å²) in [5.74, 6) is -0.585. The highest BCUT2D eigenvalue weighted by Gasteiger charge is 2.33. The van der Waals surface area contributed by atoms with Gasteiger partial charge < -0.3 is 9.47 Å². The first kappa shape index (κ1) is 18.9. The van der Waals surface area contributed by atoms with Crippen LogP contribution in [0.1, 0.15) is 46.5 Å². The number of fused-ring (bicyclic) bond motifs is 1. The fourth-order valence-corrected chi connectivity index (χ4v) is 2.97. The Kier molecular flexibility index (Phi) is 5.21. The van der Waals surface area contributed by atoms with E-state index in [1.54, 1.807) is 31.2 Å². The lowest BCUT2D eigenvalue weighted by molar-refractivity contribution is -0.142. The fourth-order valence-electron chi connectivity index (χ4n) is 2.97. The van der Waals surface area contributed by atoms with Crippen molar-refractivity contribution in [1.29, 1.82) is 0 Å². The Balaban J connectivity index is 1.76. The van der Waals surface area contributed by atoms with E-state index in [0.29, 0.717) is 22.4 Å². The average Bonchev–Trinajstić information content (AvgIpc) is 3.04. The molecule has 1 aliphatic rings. The number of ketones is 1. The second-order valence-electron chi connectivity index (χ2n) is 6.16. The maximum atomic E-state index is 12.9. The molecule has 0 N–H and O–H groups in total. The van der Waals surface area contributed by atoms with Crippen molar-refractivity contribution in [1.82, 2.24) is 0 Å². The maximum Gasteiger partial charge on any atom is 0.416 e. The number of hydrogen-bond acceptors (Lipinski definition) is 4. The number of ether oxygens (including phenoxy) is 2. The summed E-state index contributed by atoms with van der Waals surface area (Å²) in [6, 6.07) is 9.96. The Bertz CT molecular complexity index is 874. The number of benzene rings is 2. The lowest BCUT2D eigenvalue weighted by Gasteiger charge is -2.12. The van der Waals surface area contributed by atoms with Crippen LogP contribution in [0.15, 0.2) is 42.5 Å². The van der Waals surface area contributed by atoms with E-state index >= 15 is 0 Å². The third-order valence-corrected chi connectivity index (χ3v) is 4.25. The van der Waals surface area contributed by atoms with Crippen molar-refractivity contribution in [2.75, 3.05) is 6.61 Å². The van der Waals surface area contributed by atoms with Crippen molar-refractivity contribution in [3.8, 4) is 5.75 Å².